The minimum Gasteiger partial charge on any atom is -0.472 e. The van der Waals surface area contributed by atoms with Crippen molar-refractivity contribution in [1.29, 1.82) is 0 Å². The van der Waals surface area contributed by atoms with Crippen LogP contribution in [0.5, 0.6) is 0 Å². The molecular weight excluding hydrogens is 174 g/mol. The van der Waals surface area contributed by atoms with Gasteiger partial charge in [-0.05, 0) is 25.3 Å². The number of rotatable bonds is 3. The molecular formula is C12H21NO. The Kier molecular flexibility index (Phi) is 3.38. The molecule has 2 atom stereocenters. The van der Waals surface area contributed by atoms with E-state index in [1.165, 1.54) is 5.56 Å². The molecule has 2 unspecified atom stereocenters. The van der Waals surface area contributed by atoms with Crippen molar-refractivity contribution < 1.29 is 4.42 Å². The van der Waals surface area contributed by atoms with E-state index < -0.39 is 0 Å². The quantitative estimate of drug-likeness (QED) is 0.800. The van der Waals surface area contributed by atoms with E-state index in [4.69, 9.17) is 4.42 Å². The van der Waals surface area contributed by atoms with Crippen molar-refractivity contribution in [3.8, 4) is 0 Å². The zero-order valence-electron chi connectivity index (χ0n) is 9.79. The summed E-state index contributed by atoms with van der Waals surface area (Å²) in [7, 11) is 0. The standard InChI is InChI=1S/C12H21NO/c1-9(11-6-7-14-8-11)13-10(2)12(3,4)5/h6-10,13H,1-5H3. The second kappa shape index (κ2) is 4.18. The van der Waals surface area contributed by atoms with Crippen molar-refractivity contribution in [2.75, 3.05) is 0 Å². The molecule has 0 aromatic carbocycles. The minimum absolute atomic E-state index is 0.290. The lowest BCUT2D eigenvalue weighted by Gasteiger charge is -2.30. The molecule has 1 heterocycles. The Morgan fingerprint density at radius 3 is 2.36 bits per heavy atom. The molecule has 0 bridgehead atoms. The van der Waals surface area contributed by atoms with Crippen LogP contribution in [0.2, 0.25) is 0 Å². The van der Waals surface area contributed by atoms with Crippen LogP contribution < -0.4 is 5.32 Å². The fourth-order valence-electron chi connectivity index (χ4n) is 1.24. The van der Waals surface area contributed by atoms with Gasteiger partial charge in [-0.1, -0.05) is 20.8 Å². The summed E-state index contributed by atoms with van der Waals surface area (Å²) in [6.07, 6.45) is 3.52. The highest BCUT2D eigenvalue weighted by Crippen LogP contribution is 2.22. The Morgan fingerprint density at radius 1 is 1.29 bits per heavy atom. The smallest absolute Gasteiger partial charge is 0.0950 e. The predicted octanol–water partition coefficient (Wildman–Crippen LogP) is 3.36. The summed E-state index contributed by atoms with van der Waals surface area (Å²) in [6, 6.07) is 2.84. The molecule has 1 rings (SSSR count). The fraction of sp³-hybridized carbons (Fsp3) is 0.667. The first-order chi connectivity index (χ1) is 6.41. The molecule has 0 saturated heterocycles. The van der Waals surface area contributed by atoms with Gasteiger partial charge in [0, 0.05) is 17.6 Å². The molecule has 80 valence electrons. The third-order valence-corrected chi connectivity index (χ3v) is 2.84. The largest absolute Gasteiger partial charge is 0.472 e. The van der Waals surface area contributed by atoms with Gasteiger partial charge in [-0.15, -0.1) is 0 Å². The molecule has 1 aromatic heterocycles. The summed E-state index contributed by atoms with van der Waals surface area (Å²) in [5, 5.41) is 3.56. The number of hydrogen-bond acceptors (Lipinski definition) is 2. The van der Waals surface area contributed by atoms with Crippen LogP contribution in [-0.4, -0.2) is 6.04 Å². The molecule has 2 nitrogen and oxygen atoms in total. The van der Waals surface area contributed by atoms with E-state index in [1.807, 2.05) is 6.07 Å². The maximum Gasteiger partial charge on any atom is 0.0950 e. The van der Waals surface area contributed by atoms with Crippen LogP contribution in [0.15, 0.2) is 23.0 Å². The molecule has 1 aromatic rings. The van der Waals surface area contributed by atoms with Gasteiger partial charge in [0.1, 0.15) is 0 Å². The van der Waals surface area contributed by atoms with Crippen LogP contribution >= 0.6 is 0 Å². The minimum atomic E-state index is 0.290. The van der Waals surface area contributed by atoms with Crippen molar-refractivity contribution in [2.24, 2.45) is 5.41 Å². The van der Waals surface area contributed by atoms with Crippen molar-refractivity contribution in [2.45, 2.75) is 46.7 Å². The van der Waals surface area contributed by atoms with Gasteiger partial charge < -0.3 is 9.73 Å². The predicted molar refractivity (Wildman–Crippen MR) is 59.2 cm³/mol. The highest BCUT2D eigenvalue weighted by molar-refractivity contribution is 5.10. The Bertz CT molecular complexity index is 258. The third kappa shape index (κ3) is 2.88. The average molecular weight is 195 g/mol. The van der Waals surface area contributed by atoms with Gasteiger partial charge >= 0.3 is 0 Å². The Morgan fingerprint density at radius 2 is 1.93 bits per heavy atom. The zero-order valence-corrected chi connectivity index (χ0v) is 9.79. The lowest BCUT2D eigenvalue weighted by Crippen LogP contribution is -2.38. The third-order valence-electron chi connectivity index (χ3n) is 2.84. The van der Waals surface area contributed by atoms with Crippen LogP contribution in [0.3, 0.4) is 0 Å². The zero-order chi connectivity index (χ0) is 10.8. The van der Waals surface area contributed by atoms with Crippen LogP contribution in [0.25, 0.3) is 0 Å². The van der Waals surface area contributed by atoms with Gasteiger partial charge in [-0.2, -0.15) is 0 Å². The van der Waals surface area contributed by atoms with Gasteiger partial charge in [0.25, 0.3) is 0 Å². The number of hydrogen-bond donors (Lipinski definition) is 1. The summed E-state index contributed by atoms with van der Waals surface area (Å²) in [5.74, 6) is 0. The van der Waals surface area contributed by atoms with Crippen LogP contribution in [-0.2, 0) is 0 Å². The molecule has 14 heavy (non-hydrogen) atoms. The van der Waals surface area contributed by atoms with Gasteiger partial charge in [-0.3, -0.25) is 0 Å². The lowest BCUT2D eigenvalue weighted by molar-refractivity contribution is 0.268. The molecule has 0 spiro atoms. The van der Waals surface area contributed by atoms with Crippen molar-refractivity contribution >= 4 is 0 Å². The fourth-order valence-corrected chi connectivity index (χ4v) is 1.24. The molecule has 1 N–H and O–H groups in total. The second-order valence-corrected chi connectivity index (χ2v) is 5.03. The van der Waals surface area contributed by atoms with Gasteiger partial charge in [0.2, 0.25) is 0 Å². The SMILES string of the molecule is CC(NC(C)C(C)(C)C)c1ccoc1. The maximum absolute atomic E-state index is 5.06. The monoisotopic (exact) mass is 195 g/mol. The summed E-state index contributed by atoms with van der Waals surface area (Å²) < 4.78 is 5.06. The Balaban J connectivity index is 2.53. The van der Waals surface area contributed by atoms with E-state index in [2.05, 4.69) is 39.9 Å². The van der Waals surface area contributed by atoms with Gasteiger partial charge in [0.15, 0.2) is 0 Å². The summed E-state index contributed by atoms with van der Waals surface area (Å²) in [6.45, 7) is 11.1. The van der Waals surface area contributed by atoms with Crippen LogP contribution in [0, 0.1) is 5.41 Å². The van der Waals surface area contributed by atoms with Crippen molar-refractivity contribution in [3.63, 3.8) is 0 Å². The normalized spacial score (nSPS) is 16.6. The Hall–Kier alpha value is -0.760. The van der Waals surface area contributed by atoms with Crippen LogP contribution in [0.1, 0.15) is 46.2 Å². The van der Waals surface area contributed by atoms with Gasteiger partial charge in [0.05, 0.1) is 12.5 Å². The number of furan rings is 1. The van der Waals surface area contributed by atoms with Crippen molar-refractivity contribution in [1.82, 2.24) is 5.32 Å². The highest BCUT2D eigenvalue weighted by Gasteiger charge is 2.21. The average Bonchev–Trinajstić information content (AvgIpc) is 2.53. The topological polar surface area (TPSA) is 25.2 Å². The molecule has 0 aliphatic heterocycles. The molecule has 0 fully saturated rings. The molecule has 0 aliphatic rings. The van der Waals surface area contributed by atoms with E-state index in [0.717, 1.165) is 0 Å². The van der Waals surface area contributed by atoms with E-state index in [9.17, 15) is 0 Å². The molecule has 2 heteroatoms. The van der Waals surface area contributed by atoms with Crippen molar-refractivity contribution in [3.05, 3.63) is 24.2 Å². The van der Waals surface area contributed by atoms with E-state index in [-0.39, 0.29) is 5.41 Å². The molecule has 0 aliphatic carbocycles. The first kappa shape index (κ1) is 11.3. The van der Waals surface area contributed by atoms with Crippen LogP contribution in [0.4, 0.5) is 0 Å². The van der Waals surface area contributed by atoms with E-state index >= 15 is 0 Å². The molecule has 0 radical (unpaired) electrons. The summed E-state index contributed by atoms with van der Waals surface area (Å²) >= 11 is 0. The second-order valence-electron chi connectivity index (χ2n) is 5.03. The van der Waals surface area contributed by atoms with E-state index in [1.54, 1.807) is 12.5 Å². The highest BCUT2D eigenvalue weighted by atomic mass is 16.3. The first-order valence-electron chi connectivity index (χ1n) is 5.19. The lowest BCUT2D eigenvalue weighted by atomic mass is 9.87. The maximum atomic E-state index is 5.06. The molecule has 0 saturated carbocycles. The van der Waals surface area contributed by atoms with Gasteiger partial charge in [-0.25, -0.2) is 0 Å². The molecule has 0 amide bonds. The number of nitrogens with one attached hydrogen (secondary N) is 1. The van der Waals surface area contributed by atoms with E-state index in [0.29, 0.717) is 12.1 Å². The first-order valence-corrected chi connectivity index (χ1v) is 5.19. The Labute approximate surface area is 86.7 Å². The summed E-state index contributed by atoms with van der Waals surface area (Å²) in [4.78, 5) is 0. The summed E-state index contributed by atoms with van der Waals surface area (Å²) in [5.41, 5.74) is 1.50.